The van der Waals surface area contributed by atoms with Gasteiger partial charge in [-0.1, -0.05) is 12.1 Å². The number of carbonyl (C=O) groups excluding carboxylic acids is 1. The number of rotatable bonds is 4. The average molecular weight is 391 g/mol. The zero-order valence-electron chi connectivity index (χ0n) is 15.0. The molecule has 0 aromatic heterocycles. The molecule has 0 bridgehead atoms. The van der Waals surface area contributed by atoms with Gasteiger partial charge in [0.2, 0.25) is 10.0 Å². The summed E-state index contributed by atoms with van der Waals surface area (Å²) in [7, 11) is -4.00. The summed E-state index contributed by atoms with van der Waals surface area (Å²) in [4.78, 5) is 14.4. The zero-order valence-corrected chi connectivity index (χ0v) is 15.8. The number of carbonyl (C=O) groups is 1. The largest absolute Gasteiger partial charge is 0.371 e. The van der Waals surface area contributed by atoms with E-state index in [-0.39, 0.29) is 16.5 Å². The number of primary sulfonamides is 1. The maximum atomic E-state index is 14.0. The van der Waals surface area contributed by atoms with Gasteiger partial charge in [-0.3, -0.25) is 4.79 Å². The number of nitrogens with zero attached hydrogens (tertiary/aromatic N) is 1. The van der Waals surface area contributed by atoms with Crippen molar-refractivity contribution in [2.45, 2.75) is 30.7 Å². The number of sulfonamides is 1. The zero-order chi connectivity index (χ0) is 19.6. The number of anilines is 1. The fourth-order valence-electron chi connectivity index (χ4n) is 3.23. The Kier molecular flexibility index (Phi) is 5.48. The second kappa shape index (κ2) is 7.66. The number of aryl methyl sites for hydroxylation is 1. The van der Waals surface area contributed by atoms with Crippen molar-refractivity contribution in [3.8, 4) is 0 Å². The maximum Gasteiger partial charge on any atom is 0.254 e. The fourth-order valence-corrected chi connectivity index (χ4v) is 3.77. The molecule has 1 amide bonds. The molecule has 27 heavy (non-hydrogen) atoms. The highest BCUT2D eigenvalue weighted by molar-refractivity contribution is 7.89. The quantitative estimate of drug-likeness (QED) is 0.836. The molecule has 0 aliphatic carbocycles. The predicted octanol–water partition coefficient (Wildman–Crippen LogP) is 2.18. The van der Waals surface area contributed by atoms with E-state index in [1.807, 2.05) is 19.1 Å². The van der Waals surface area contributed by atoms with E-state index in [0.29, 0.717) is 0 Å². The molecule has 2 aromatic rings. The van der Waals surface area contributed by atoms with Crippen molar-refractivity contribution in [2.24, 2.45) is 5.14 Å². The third-order valence-corrected chi connectivity index (χ3v) is 5.62. The van der Waals surface area contributed by atoms with Crippen molar-refractivity contribution >= 4 is 21.6 Å². The van der Waals surface area contributed by atoms with Crippen LogP contribution in [0.2, 0.25) is 0 Å². The molecule has 1 saturated heterocycles. The van der Waals surface area contributed by atoms with Crippen molar-refractivity contribution in [3.05, 3.63) is 59.4 Å². The lowest BCUT2D eigenvalue weighted by Crippen LogP contribution is -2.45. The molecule has 8 heteroatoms. The van der Waals surface area contributed by atoms with Gasteiger partial charge in [-0.2, -0.15) is 0 Å². The Hall–Kier alpha value is -2.45. The molecule has 2 aromatic carbocycles. The van der Waals surface area contributed by atoms with Gasteiger partial charge in [-0.15, -0.1) is 0 Å². The minimum absolute atomic E-state index is 0.101. The molecule has 0 saturated carbocycles. The van der Waals surface area contributed by atoms with Crippen molar-refractivity contribution in [1.82, 2.24) is 5.32 Å². The first kappa shape index (κ1) is 19.3. The molecular formula is C19H22FN3O3S. The average Bonchev–Trinajstić information content (AvgIpc) is 2.61. The number of hydrogen-bond acceptors (Lipinski definition) is 4. The van der Waals surface area contributed by atoms with E-state index in [0.717, 1.165) is 49.8 Å². The van der Waals surface area contributed by atoms with Gasteiger partial charge >= 0.3 is 0 Å². The van der Waals surface area contributed by atoms with E-state index in [2.05, 4.69) is 22.3 Å². The summed E-state index contributed by atoms with van der Waals surface area (Å²) in [6.45, 7) is 3.59. The van der Waals surface area contributed by atoms with Gasteiger partial charge in [0.05, 0.1) is 10.5 Å². The van der Waals surface area contributed by atoms with E-state index in [1.54, 1.807) is 0 Å². The molecule has 1 aliphatic heterocycles. The topological polar surface area (TPSA) is 92.5 Å². The van der Waals surface area contributed by atoms with Gasteiger partial charge in [-0.25, -0.2) is 17.9 Å². The molecule has 0 unspecified atom stereocenters. The molecule has 0 atom stereocenters. The Labute approximate surface area is 158 Å². The lowest BCUT2D eigenvalue weighted by atomic mass is 10.0. The highest BCUT2D eigenvalue weighted by atomic mass is 32.2. The van der Waals surface area contributed by atoms with Crippen LogP contribution in [0.25, 0.3) is 0 Å². The highest BCUT2D eigenvalue weighted by Gasteiger charge is 2.23. The van der Waals surface area contributed by atoms with Crippen molar-refractivity contribution in [3.63, 3.8) is 0 Å². The Bertz CT molecular complexity index is 954. The van der Waals surface area contributed by atoms with E-state index in [1.165, 1.54) is 5.56 Å². The highest BCUT2D eigenvalue weighted by Crippen LogP contribution is 2.21. The number of nitrogens with two attached hydrogens (primary N) is 1. The standard InChI is InChI=1S/C19H22FN3O3S/c1-13-3-2-4-15(11-13)23-9-7-14(8-10-23)22-19(24)17-12-16(27(21,25)26)5-6-18(17)20/h2-6,11-12,14H,7-10H2,1H3,(H,22,24)(H2,21,25,26). The minimum atomic E-state index is -4.00. The van der Waals surface area contributed by atoms with Crippen LogP contribution < -0.4 is 15.4 Å². The van der Waals surface area contributed by atoms with Crippen molar-refractivity contribution < 1.29 is 17.6 Å². The normalized spacial score (nSPS) is 15.6. The Morgan fingerprint density at radius 1 is 1.19 bits per heavy atom. The van der Waals surface area contributed by atoms with Gasteiger partial charge < -0.3 is 10.2 Å². The minimum Gasteiger partial charge on any atom is -0.371 e. The molecule has 1 fully saturated rings. The van der Waals surface area contributed by atoms with E-state index in [9.17, 15) is 17.6 Å². The Balaban J connectivity index is 1.65. The van der Waals surface area contributed by atoms with Crippen LogP contribution in [0.15, 0.2) is 47.4 Å². The second-order valence-electron chi connectivity index (χ2n) is 6.76. The monoisotopic (exact) mass is 391 g/mol. The summed E-state index contributed by atoms with van der Waals surface area (Å²) in [5.74, 6) is -1.41. The molecule has 3 N–H and O–H groups in total. The van der Waals surface area contributed by atoms with Crippen LogP contribution in [0.5, 0.6) is 0 Å². The summed E-state index contributed by atoms with van der Waals surface area (Å²) in [5.41, 5.74) is 2.02. The van der Waals surface area contributed by atoms with Gasteiger partial charge in [0.1, 0.15) is 5.82 Å². The summed E-state index contributed by atoms with van der Waals surface area (Å²) in [6.07, 6.45) is 1.44. The number of halogens is 1. The smallest absolute Gasteiger partial charge is 0.254 e. The SMILES string of the molecule is Cc1cccc(N2CCC(NC(=O)c3cc(S(N)(=O)=O)ccc3F)CC2)c1. The summed E-state index contributed by atoms with van der Waals surface area (Å²) in [5, 5.41) is 7.85. The van der Waals surface area contributed by atoms with E-state index < -0.39 is 21.7 Å². The molecule has 144 valence electrons. The van der Waals surface area contributed by atoms with Gasteiger partial charge in [0.15, 0.2) is 0 Å². The molecule has 3 rings (SSSR count). The van der Waals surface area contributed by atoms with Gasteiger partial charge in [0, 0.05) is 24.8 Å². The maximum absolute atomic E-state index is 14.0. The van der Waals surface area contributed by atoms with Gasteiger partial charge in [0.25, 0.3) is 5.91 Å². The van der Waals surface area contributed by atoms with Gasteiger partial charge in [-0.05, 0) is 55.7 Å². The van der Waals surface area contributed by atoms with Crippen molar-refractivity contribution in [1.29, 1.82) is 0 Å². The Morgan fingerprint density at radius 2 is 1.89 bits per heavy atom. The van der Waals surface area contributed by atoms with Crippen LogP contribution >= 0.6 is 0 Å². The predicted molar refractivity (Wildman–Crippen MR) is 102 cm³/mol. The van der Waals surface area contributed by atoms with Crippen LogP contribution in [0.1, 0.15) is 28.8 Å². The lowest BCUT2D eigenvalue weighted by molar-refractivity contribution is 0.0927. The van der Waals surface area contributed by atoms with E-state index in [4.69, 9.17) is 5.14 Å². The van der Waals surface area contributed by atoms with Crippen LogP contribution in [0.3, 0.4) is 0 Å². The molecule has 0 radical (unpaired) electrons. The lowest BCUT2D eigenvalue weighted by Gasteiger charge is -2.34. The summed E-state index contributed by atoms with van der Waals surface area (Å²) in [6, 6.07) is 11.1. The number of nitrogens with one attached hydrogen (secondary N) is 1. The molecule has 6 nitrogen and oxygen atoms in total. The first-order valence-corrected chi connectivity index (χ1v) is 10.2. The van der Waals surface area contributed by atoms with Crippen LogP contribution in [-0.4, -0.2) is 33.5 Å². The van der Waals surface area contributed by atoms with E-state index >= 15 is 0 Å². The molecule has 1 heterocycles. The number of amides is 1. The second-order valence-corrected chi connectivity index (χ2v) is 8.32. The number of hydrogen-bond donors (Lipinski definition) is 2. The number of benzene rings is 2. The first-order valence-electron chi connectivity index (χ1n) is 8.69. The molecular weight excluding hydrogens is 369 g/mol. The summed E-state index contributed by atoms with van der Waals surface area (Å²) >= 11 is 0. The fraction of sp³-hybridized carbons (Fsp3) is 0.316. The Morgan fingerprint density at radius 3 is 2.52 bits per heavy atom. The van der Waals surface area contributed by atoms with Crippen LogP contribution in [-0.2, 0) is 10.0 Å². The van der Waals surface area contributed by atoms with Crippen LogP contribution in [0.4, 0.5) is 10.1 Å². The number of piperidine rings is 1. The third kappa shape index (κ3) is 4.64. The third-order valence-electron chi connectivity index (χ3n) is 4.71. The molecule has 0 spiro atoms. The first-order chi connectivity index (χ1) is 12.7. The molecule has 1 aliphatic rings. The summed E-state index contributed by atoms with van der Waals surface area (Å²) < 4.78 is 36.8. The van der Waals surface area contributed by atoms with Crippen molar-refractivity contribution in [2.75, 3.05) is 18.0 Å². The van der Waals surface area contributed by atoms with Crippen LogP contribution in [0, 0.1) is 12.7 Å².